The molecule has 7 heteroatoms. The van der Waals surface area contributed by atoms with E-state index in [1.807, 2.05) is 41.8 Å². The maximum absolute atomic E-state index is 11.2. The number of aromatic hydroxyl groups is 1. The van der Waals surface area contributed by atoms with Crippen LogP contribution in [0.4, 0.5) is 10.8 Å². The number of hydrogen-bond acceptors (Lipinski definition) is 6. The number of phenolic OH excluding ortho intramolecular Hbond substituents is 1. The van der Waals surface area contributed by atoms with Crippen molar-refractivity contribution in [2.75, 3.05) is 10.0 Å². The van der Waals surface area contributed by atoms with Crippen LogP contribution in [-0.2, 0) is 4.79 Å². The molecule has 0 spiro atoms. The largest absolute Gasteiger partial charge is 0.508 e. The number of carbonyl (C=O) groups excluding carboxylic acids is 1. The van der Waals surface area contributed by atoms with Crippen LogP contribution in [0.3, 0.4) is 0 Å². The molecule has 150 valence electrons. The number of phenols is 1. The summed E-state index contributed by atoms with van der Waals surface area (Å²) in [6, 6.07) is 23.4. The van der Waals surface area contributed by atoms with Crippen LogP contribution in [0, 0.1) is 0 Å². The fourth-order valence-electron chi connectivity index (χ4n) is 2.84. The second-order valence-corrected chi connectivity index (χ2v) is 8.31. The number of rotatable bonds is 6. The van der Waals surface area contributed by atoms with Crippen LogP contribution >= 0.6 is 23.3 Å². The van der Waals surface area contributed by atoms with Gasteiger partial charge in [-0.1, -0.05) is 36.4 Å². The number of benzene rings is 3. The number of amides is 1. The number of nitrogens with zero attached hydrogens (tertiary/aromatic N) is 1. The van der Waals surface area contributed by atoms with E-state index in [-0.39, 0.29) is 11.7 Å². The smallest absolute Gasteiger partial charge is 0.223 e. The molecule has 0 fully saturated rings. The lowest BCUT2D eigenvalue weighted by Gasteiger charge is -2.08. The lowest BCUT2D eigenvalue weighted by Crippen LogP contribution is -2.04. The molecule has 0 atom stereocenters. The Hall–Kier alpha value is -3.29. The molecule has 0 radical (unpaired) electrons. The van der Waals surface area contributed by atoms with Crippen molar-refractivity contribution >= 4 is 40.0 Å². The number of anilines is 2. The van der Waals surface area contributed by atoms with Gasteiger partial charge in [0.2, 0.25) is 5.91 Å². The third-order valence-electron chi connectivity index (χ3n) is 4.29. The van der Waals surface area contributed by atoms with Gasteiger partial charge >= 0.3 is 0 Å². The molecule has 0 aliphatic carbocycles. The lowest BCUT2D eigenvalue weighted by molar-refractivity contribution is -0.114. The van der Waals surface area contributed by atoms with E-state index in [0.717, 1.165) is 33.0 Å². The Balaban J connectivity index is 1.41. The second kappa shape index (κ2) is 9.02. The molecule has 1 amide bonds. The molecule has 0 unspecified atom stereocenters. The molecular formula is C23H19N3O2S2. The average Bonchev–Trinajstić information content (AvgIpc) is 3.21. The Kier molecular flexibility index (Phi) is 6.02. The van der Waals surface area contributed by atoms with E-state index in [2.05, 4.69) is 39.3 Å². The van der Waals surface area contributed by atoms with Gasteiger partial charge in [-0.2, -0.15) is 0 Å². The van der Waals surface area contributed by atoms with Gasteiger partial charge in [0, 0.05) is 28.5 Å². The van der Waals surface area contributed by atoms with Crippen molar-refractivity contribution in [2.24, 2.45) is 0 Å². The first kappa shape index (κ1) is 20.0. The molecule has 0 saturated heterocycles. The van der Waals surface area contributed by atoms with Crippen molar-refractivity contribution < 1.29 is 9.90 Å². The lowest BCUT2D eigenvalue weighted by atomic mass is 10.1. The minimum Gasteiger partial charge on any atom is -0.508 e. The Morgan fingerprint density at radius 1 is 0.967 bits per heavy atom. The number of hydrogen-bond donors (Lipinski definition) is 3. The quantitative estimate of drug-likeness (QED) is 0.313. The third-order valence-corrected chi connectivity index (χ3v) is 5.89. The molecule has 0 bridgehead atoms. The predicted octanol–water partition coefficient (Wildman–Crippen LogP) is 6.26. The standard InChI is InChI=1S/C23H19N3O2S2/c1-15(27)24-23-25-22(14-29-23)18-3-2-4-19(13-18)26-30-21-11-7-17(8-12-21)16-5-9-20(28)10-6-16/h2-14,26,28H,1H3,(H,24,25,27). The highest BCUT2D eigenvalue weighted by molar-refractivity contribution is 8.00. The van der Waals surface area contributed by atoms with Crippen molar-refractivity contribution in [3.8, 4) is 28.1 Å². The van der Waals surface area contributed by atoms with Gasteiger partial charge in [-0.05, 0) is 59.5 Å². The van der Waals surface area contributed by atoms with Crippen molar-refractivity contribution in [1.82, 2.24) is 4.98 Å². The molecule has 1 aromatic heterocycles. The summed E-state index contributed by atoms with van der Waals surface area (Å²) in [5, 5.41) is 14.7. The number of carbonyl (C=O) groups is 1. The third kappa shape index (κ3) is 5.00. The monoisotopic (exact) mass is 433 g/mol. The molecule has 4 aromatic rings. The van der Waals surface area contributed by atoms with Crippen LogP contribution in [0.25, 0.3) is 22.4 Å². The van der Waals surface area contributed by atoms with E-state index in [4.69, 9.17) is 0 Å². The van der Waals surface area contributed by atoms with Crippen LogP contribution in [0.5, 0.6) is 5.75 Å². The molecular weight excluding hydrogens is 414 g/mol. The summed E-state index contributed by atoms with van der Waals surface area (Å²) < 4.78 is 3.37. The predicted molar refractivity (Wildman–Crippen MR) is 125 cm³/mol. The minimum atomic E-state index is -0.126. The first-order chi connectivity index (χ1) is 14.6. The zero-order chi connectivity index (χ0) is 20.9. The molecule has 5 nitrogen and oxygen atoms in total. The van der Waals surface area contributed by atoms with Crippen molar-refractivity contribution in [3.63, 3.8) is 0 Å². The van der Waals surface area contributed by atoms with Gasteiger partial charge < -0.3 is 15.1 Å². The van der Waals surface area contributed by atoms with Gasteiger partial charge in [-0.3, -0.25) is 4.79 Å². The van der Waals surface area contributed by atoms with Crippen LogP contribution in [-0.4, -0.2) is 16.0 Å². The molecule has 1 heterocycles. The van der Waals surface area contributed by atoms with Crippen LogP contribution in [0.15, 0.2) is 83.1 Å². The van der Waals surface area contributed by atoms with E-state index >= 15 is 0 Å². The zero-order valence-electron chi connectivity index (χ0n) is 16.1. The first-order valence-corrected chi connectivity index (χ1v) is 10.9. The summed E-state index contributed by atoms with van der Waals surface area (Å²) in [6.07, 6.45) is 0. The molecule has 3 aromatic carbocycles. The number of aromatic nitrogens is 1. The summed E-state index contributed by atoms with van der Waals surface area (Å²) in [5.74, 6) is 0.139. The highest BCUT2D eigenvalue weighted by Gasteiger charge is 2.07. The summed E-state index contributed by atoms with van der Waals surface area (Å²) in [4.78, 5) is 16.7. The maximum Gasteiger partial charge on any atom is 0.223 e. The van der Waals surface area contributed by atoms with E-state index in [9.17, 15) is 9.90 Å². The van der Waals surface area contributed by atoms with E-state index in [0.29, 0.717) is 5.13 Å². The van der Waals surface area contributed by atoms with Crippen molar-refractivity contribution in [1.29, 1.82) is 0 Å². The van der Waals surface area contributed by atoms with E-state index < -0.39 is 0 Å². The van der Waals surface area contributed by atoms with Gasteiger partial charge in [-0.15, -0.1) is 11.3 Å². The first-order valence-electron chi connectivity index (χ1n) is 9.23. The fourth-order valence-corrected chi connectivity index (χ4v) is 4.24. The van der Waals surface area contributed by atoms with Crippen LogP contribution in [0.2, 0.25) is 0 Å². The maximum atomic E-state index is 11.2. The Morgan fingerprint density at radius 2 is 1.67 bits per heavy atom. The molecule has 3 N–H and O–H groups in total. The van der Waals surface area contributed by atoms with Gasteiger partial charge in [-0.25, -0.2) is 4.98 Å². The highest BCUT2D eigenvalue weighted by Crippen LogP contribution is 2.30. The van der Waals surface area contributed by atoms with Crippen molar-refractivity contribution in [3.05, 3.63) is 78.2 Å². The molecule has 0 saturated carbocycles. The van der Waals surface area contributed by atoms with Crippen LogP contribution < -0.4 is 10.0 Å². The summed E-state index contributed by atoms with van der Waals surface area (Å²) >= 11 is 2.94. The Labute approximate surface area is 183 Å². The normalized spacial score (nSPS) is 10.6. The van der Waals surface area contributed by atoms with Crippen LogP contribution in [0.1, 0.15) is 6.92 Å². The SMILES string of the molecule is CC(=O)Nc1nc(-c2cccc(NSc3ccc(-c4ccc(O)cc4)cc3)c2)cs1. The van der Waals surface area contributed by atoms with Gasteiger partial charge in [0.25, 0.3) is 0 Å². The Bertz CT molecular complexity index is 1160. The summed E-state index contributed by atoms with van der Waals surface area (Å²) in [6.45, 7) is 1.47. The van der Waals surface area contributed by atoms with Gasteiger partial charge in [0.15, 0.2) is 5.13 Å². The Morgan fingerprint density at radius 3 is 2.37 bits per heavy atom. The van der Waals surface area contributed by atoms with Gasteiger partial charge in [0.1, 0.15) is 5.75 Å². The summed E-state index contributed by atoms with van der Waals surface area (Å²) in [5.41, 5.74) is 4.94. The fraction of sp³-hybridized carbons (Fsp3) is 0.0435. The molecule has 0 aliphatic rings. The minimum absolute atomic E-state index is 0.126. The van der Waals surface area contributed by atoms with Crippen molar-refractivity contribution in [2.45, 2.75) is 11.8 Å². The van der Waals surface area contributed by atoms with Gasteiger partial charge in [0.05, 0.1) is 5.69 Å². The number of thiazole rings is 1. The molecule has 4 rings (SSSR count). The van der Waals surface area contributed by atoms with E-state index in [1.165, 1.54) is 30.2 Å². The zero-order valence-corrected chi connectivity index (χ0v) is 17.8. The highest BCUT2D eigenvalue weighted by atomic mass is 32.2. The van der Waals surface area contributed by atoms with E-state index in [1.54, 1.807) is 12.1 Å². The second-order valence-electron chi connectivity index (χ2n) is 6.58. The molecule has 0 aliphatic heterocycles. The number of nitrogens with one attached hydrogen (secondary N) is 2. The summed E-state index contributed by atoms with van der Waals surface area (Å²) in [7, 11) is 0. The average molecular weight is 434 g/mol. The molecule has 30 heavy (non-hydrogen) atoms. The topological polar surface area (TPSA) is 74.2 Å².